The van der Waals surface area contributed by atoms with Crippen molar-refractivity contribution in [1.29, 1.82) is 5.26 Å². The van der Waals surface area contributed by atoms with Crippen LogP contribution in [0.25, 0.3) is 11.3 Å². The highest BCUT2D eigenvalue weighted by Crippen LogP contribution is 2.32. The summed E-state index contributed by atoms with van der Waals surface area (Å²) in [4.78, 5) is 4.75. The first-order chi connectivity index (χ1) is 9.81. The van der Waals surface area contributed by atoms with Crippen LogP contribution in [0.2, 0.25) is 0 Å². The third kappa shape index (κ3) is 2.25. The van der Waals surface area contributed by atoms with Gasteiger partial charge in [-0.15, -0.1) is 0 Å². The Morgan fingerprint density at radius 3 is 2.70 bits per heavy atom. The summed E-state index contributed by atoms with van der Waals surface area (Å²) in [6.45, 7) is 0. The molecule has 20 heavy (non-hydrogen) atoms. The zero-order valence-electron chi connectivity index (χ0n) is 11.5. The van der Waals surface area contributed by atoms with Gasteiger partial charge in [-0.25, -0.2) is 0 Å². The van der Waals surface area contributed by atoms with Crippen LogP contribution < -0.4 is 4.74 Å². The Morgan fingerprint density at radius 2 is 2.00 bits per heavy atom. The molecule has 100 valence electrons. The number of rotatable bonds is 2. The molecule has 1 unspecified atom stereocenters. The molecule has 0 bridgehead atoms. The Balaban J connectivity index is 1.97. The number of fused-ring (bicyclic) bond motifs is 1. The summed E-state index contributed by atoms with van der Waals surface area (Å²) in [6, 6.07) is 14.4. The van der Waals surface area contributed by atoms with Crippen LogP contribution in [0.1, 0.15) is 30.0 Å². The van der Waals surface area contributed by atoms with Gasteiger partial charge in [0.15, 0.2) is 0 Å². The zero-order valence-corrected chi connectivity index (χ0v) is 11.5. The lowest BCUT2D eigenvalue weighted by Crippen LogP contribution is -2.10. The molecule has 0 saturated carbocycles. The van der Waals surface area contributed by atoms with E-state index >= 15 is 0 Å². The second-order valence-electron chi connectivity index (χ2n) is 5.03. The van der Waals surface area contributed by atoms with Gasteiger partial charge in [0, 0.05) is 11.3 Å². The highest BCUT2D eigenvalue weighted by molar-refractivity contribution is 5.61. The lowest BCUT2D eigenvalue weighted by atomic mass is 9.86. The van der Waals surface area contributed by atoms with Crippen LogP contribution in [-0.4, -0.2) is 12.1 Å². The molecule has 3 rings (SSSR count). The van der Waals surface area contributed by atoms with Crippen LogP contribution >= 0.6 is 0 Å². The van der Waals surface area contributed by atoms with E-state index in [0.29, 0.717) is 0 Å². The van der Waals surface area contributed by atoms with E-state index in [-0.39, 0.29) is 5.92 Å². The molecule has 2 aromatic rings. The largest absolute Gasteiger partial charge is 0.497 e. The molecule has 0 N–H and O–H groups in total. The summed E-state index contributed by atoms with van der Waals surface area (Å²) < 4.78 is 5.17. The summed E-state index contributed by atoms with van der Waals surface area (Å²) >= 11 is 0. The Bertz CT molecular complexity index is 656. The van der Waals surface area contributed by atoms with Crippen LogP contribution in [0.15, 0.2) is 36.4 Å². The third-order valence-electron chi connectivity index (χ3n) is 3.83. The first kappa shape index (κ1) is 12.7. The molecular formula is C17H16N2O. The minimum atomic E-state index is 0.0103. The van der Waals surface area contributed by atoms with E-state index in [2.05, 4.69) is 12.1 Å². The van der Waals surface area contributed by atoms with Gasteiger partial charge in [0.2, 0.25) is 0 Å². The predicted octanol–water partition coefficient (Wildman–Crippen LogP) is 3.70. The normalized spacial score (nSPS) is 17.1. The van der Waals surface area contributed by atoms with Crippen molar-refractivity contribution in [1.82, 2.24) is 4.98 Å². The van der Waals surface area contributed by atoms with Crippen molar-refractivity contribution in [3.05, 3.63) is 47.7 Å². The van der Waals surface area contributed by atoms with E-state index in [9.17, 15) is 5.26 Å². The maximum Gasteiger partial charge on any atom is 0.118 e. The number of pyridine rings is 1. The lowest BCUT2D eigenvalue weighted by Gasteiger charge is -2.20. The van der Waals surface area contributed by atoms with Gasteiger partial charge in [0.25, 0.3) is 0 Å². The molecule has 1 aliphatic rings. The van der Waals surface area contributed by atoms with E-state index in [1.807, 2.05) is 30.3 Å². The number of aromatic nitrogens is 1. The zero-order chi connectivity index (χ0) is 13.9. The average molecular weight is 264 g/mol. The van der Waals surface area contributed by atoms with Gasteiger partial charge >= 0.3 is 0 Å². The van der Waals surface area contributed by atoms with Crippen LogP contribution in [-0.2, 0) is 6.42 Å². The molecule has 3 heteroatoms. The summed E-state index contributed by atoms with van der Waals surface area (Å²) in [5.74, 6) is 0.854. The molecule has 1 aromatic carbocycles. The van der Waals surface area contributed by atoms with Crippen LogP contribution in [0.3, 0.4) is 0 Å². The van der Waals surface area contributed by atoms with Crippen LogP contribution in [0.4, 0.5) is 0 Å². The fourth-order valence-electron chi connectivity index (χ4n) is 2.72. The molecule has 3 nitrogen and oxygen atoms in total. The number of ether oxygens (including phenoxy) is 1. The van der Waals surface area contributed by atoms with Crippen molar-refractivity contribution in [2.45, 2.75) is 25.2 Å². The molecule has 0 amide bonds. The van der Waals surface area contributed by atoms with Gasteiger partial charge in [-0.2, -0.15) is 5.26 Å². The Hall–Kier alpha value is -2.34. The Labute approximate surface area is 118 Å². The van der Waals surface area contributed by atoms with E-state index in [0.717, 1.165) is 47.5 Å². The SMILES string of the molecule is COc1ccc(-c2ccc3c(n2)CCCC3C#N)cc1. The van der Waals surface area contributed by atoms with Crippen molar-refractivity contribution < 1.29 is 4.74 Å². The standard InChI is InChI=1S/C17H16N2O/c1-20-14-7-5-12(6-8-14)16-10-9-15-13(11-18)3-2-4-17(15)19-16/h5-10,13H,2-4H2,1H3. The first-order valence-corrected chi connectivity index (χ1v) is 6.85. The van der Waals surface area contributed by atoms with Crippen molar-refractivity contribution >= 4 is 0 Å². The van der Waals surface area contributed by atoms with Crippen LogP contribution in [0.5, 0.6) is 5.75 Å². The second-order valence-corrected chi connectivity index (χ2v) is 5.03. The number of hydrogen-bond donors (Lipinski definition) is 0. The fraction of sp³-hybridized carbons (Fsp3) is 0.294. The monoisotopic (exact) mass is 264 g/mol. The van der Waals surface area contributed by atoms with Gasteiger partial charge in [-0.1, -0.05) is 6.07 Å². The fourth-order valence-corrected chi connectivity index (χ4v) is 2.72. The number of methoxy groups -OCH3 is 1. The predicted molar refractivity (Wildman–Crippen MR) is 77.5 cm³/mol. The summed E-state index contributed by atoms with van der Waals surface area (Å²) in [7, 11) is 1.66. The van der Waals surface area contributed by atoms with Crippen LogP contribution in [0, 0.1) is 11.3 Å². The van der Waals surface area contributed by atoms with E-state index in [4.69, 9.17) is 9.72 Å². The maximum atomic E-state index is 9.19. The summed E-state index contributed by atoms with van der Waals surface area (Å²) in [5.41, 5.74) is 4.23. The lowest BCUT2D eigenvalue weighted by molar-refractivity contribution is 0.415. The smallest absolute Gasteiger partial charge is 0.118 e. The van der Waals surface area contributed by atoms with Crippen molar-refractivity contribution in [2.24, 2.45) is 0 Å². The van der Waals surface area contributed by atoms with Crippen molar-refractivity contribution in [2.75, 3.05) is 7.11 Å². The van der Waals surface area contributed by atoms with Crippen molar-refractivity contribution in [3.8, 4) is 23.1 Å². The van der Waals surface area contributed by atoms with Gasteiger partial charge in [-0.05, 0) is 55.2 Å². The van der Waals surface area contributed by atoms with Gasteiger partial charge in [-0.3, -0.25) is 4.98 Å². The number of nitriles is 1. The number of hydrogen-bond acceptors (Lipinski definition) is 3. The maximum absolute atomic E-state index is 9.19. The molecule has 1 aliphatic carbocycles. The topological polar surface area (TPSA) is 45.9 Å². The molecule has 1 heterocycles. The van der Waals surface area contributed by atoms with E-state index in [1.165, 1.54) is 0 Å². The Morgan fingerprint density at radius 1 is 1.20 bits per heavy atom. The molecule has 1 aromatic heterocycles. The molecular weight excluding hydrogens is 248 g/mol. The second kappa shape index (κ2) is 5.34. The third-order valence-corrected chi connectivity index (χ3v) is 3.83. The molecule has 0 fully saturated rings. The average Bonchev–Trinajstić information content (AvgIpc) is 2.53. The van der Waals surface area contributed by atoms with E-state index in [1.54, 1.807) is 7.11 Å². The van der Waals surface area contributed by atoms with Gasteiger partial charge in [0.1, 0.15) is 5.75 Å². The molecule has 1 atom stereocenters. The highest BCUT2D eigenvalue weighted by atomic mass is 16.5. The molecule has 0 saturated heterocycles. The first-order valence-electron chi connectivity index (χ1n) is 6.85. The molecule has 0 aliphatic heterocycles. The van der Waals surface area contributed by atoms with E-state index < -0.39 is 0 Å². The van der Waals surface area contributed by atoms with Crippen molar-refractivity contribution in [3.63, 3.8) is 0 Å². The number of nitrogens with zero attached hydrogens (tertiary/aromatic N) is 2. The summed E-state index contributed by atoms with van der Waals surface area (Å²) in [6.07, 6.45) is 2.97. The van der Waals surface area contributed by atoms with Gasteiger partial charge < -0.3 is 4.74 Å². The molecule has 0 radical (unpaired) electrons. The minimum Gasteiger partial charge on any atom is -0.497 e. The minimum absolute atomic E-state index is 0.0103. The highest BCUT2D eigenvalue weighted by Gasteiger charge is 2.21. The van der Waals surface area contributed by atoms with Gasteiger partial charge in [0.05, 0.1) is 24.8 Å². The molecule has 0 spiro atoms. The number of benzene rings is 1. The number of aryl methyl sites for hydroxylation is 1. The quantitative estimate of drug-likeness (QED) is 0.830. The Kier molecular flexibility index (Phi) is 3.39. The summed E-state index contributed by atoms with van der Waals surface area (Å²) in [5, 5.41) is 9.19.